The lowest BCUT2D eigenvalue weighted by molar-refractivity contribution is -0.140. The summed E-state index contributed by atoms with van der Waals surface area (Å²) in [7, 11) is 1.37. The summed E-state index contributed by atoms with van der Waals surface area (Å²) < 4.78 is 10.2. The van der Waals surface area contributed by atoms with Crippen molar-refractivity contribution in [1.82, 2.24) is 5.32 Å². The third-order valence-electron chi connectivity index (χ3n) is 2.65. The van der Waals surface area contributed by atoms with Gasteiger partial charge in [-0.15, -0.1) is 0 Å². The van der Waals surface area contributed by atoms with Crippen LogP contribution >= 0.6 is 23.2 Å². The van der Waals surface area contributed by atoms with Crippen molar-refractivity contribution in [3.63, 3.8) is 0 Å². The first kappa shape index (κ1) is 17.1. The molecule has 0 bridgehead atoms. The summed E-state index contributed by atoms with van der Waals surface area (Å²) >= 11 is 12.1. The first-order chi connectivity index (χ1) is 9.58. The third-order valence-corrected chi connectivity index (χ3v) is 3.15. The summed E-state index contributed by atoms with van der Waals surface area (Å²) in [5.41, 5.74) is 0.905. The molecule has 0 aliphatic rings. The number of methoxy groups -OCH3 is 1. The van der Waals surface area contributed by atoms with Crippen LogP contribution in [0.2, 0.25) is 10.0 Å². The van der Waals surface area contributed by atoms with Crippen LogP contribution < -0.4 is 10.1 Å². The molecular formula is C14H19Cl2NO3. The SMILES string of the molecule is CCNCc1cc(Cl)cc(Cl)c1OCCCC(=O)OC. The van der Waals surface area contributed by atoms with E-state index in [4.69, 9.17) is 27.9 Å². The second-order valence-corrected chi connectivity index (χ2v) is 5.03. The average Bonchev–Trinajstić information content (AvgIpc) is 2.42. The van der Waals surface area contributed by atoms with Gasteiger partial charge in [-0.1, -0.05) is 30.1 Å². The van der Waals surface area contributed by atoms with E-state index < -0.39 is 0 Å². The smallest absolute Gasteiger partial charge is 0.305 e. The van der Waals surface area contributed by atoms with Crippen LogP contribution in [0.5, 0.6) is 5.75 Å². The molecule has 0 saturated carbocycles. The van der Waals surface area contributed by atoms with Gasteiger partial charge in [-0.3, -0.25) is 4.79 Å². The van der Waals surface area contributed by atoms with Gasteiger partial charge >= 0.3 is 5.97 Å². The molecule has 0 fully saturated rings. The van der Waals surface area contributed by atoms with Gasteiger partial charge in [-0.25, -0.2) is 0 Å². The highest BCUT2D eigenvalue weighted by atomic mass is 35.5. The zero-order valence-electron chi connectivity index (χ0n) is 11.7. The third kappa shape index (κ3) is 5.57. The van der Waals surface area contributed by atoms with E-state index in [0.717, 1.165) is 12.1 Å². The highest BCUT2D eigenvalue weighted by Gasteiger charge is 2.11. The molecule has 0 unspecified atom stereocenters. The maximum atomic E-state index is 11.0. The number of nitrogens with one attached hydrogen (secondary N) is 1. The first-order valence-corrected chi connectivity index (χ1v) is 7.22. The van der Waals surface area contributed by atoms with Crippen LogP contribution in [-0.2, 0) is 16.1 Å². The van der Waals surface area contributed by atoms with E-state index in [0.29, 0.717) is 41.8 Å². The molecule has 1 aromatic carbocycles. The topological polar surface area (TPSA) is 47.6 Å². The van der Waals surface area contributed by atoms with Gasteiger partial charge in [-0.2, -0.15) is 0 Å². The molecule has 0 spiro atoms. The second kappa shape index (κ2) is 9.06. The van der Waals surface area contributed by atoms with Gasteiger partial charge in [0.05, 0.1) is 18.7 Å². The van der Waals surface area contributed by atoms with E-state index in [-0.39, 0.29) is 5.97 Å². The van der Waals surface area contributed by atoms with Crippen LogP contribution in [0.15, 0.2) is 12.1 Å². The highest BCUT2D eigenvalue weighted by molar-refractivity contribution is 6.35. The Kier molecular flexibility index (Phi) is 7.73. The lowest BCUT2D eigenvalue weighted by atomic mass is 10.2. The van der Waals surface area contributed by atoms with Gasteiger partial charge < -0.3 is 14.8 Å². The minimum Gasteiger partial charge on any atom is -0.492 e. The van der Waals surface area contributed by atoms with E-state index in [2.05, 4.69) is 10.1 Å². The number of ether oxygens (including phenoxy) is 2. The van der Waals surface area contributed by atoms with Gasteiger partial charge in [0.15, 0.2) is 0 Å². The van der Waals surface area contributed by atoms with E-state index in [1.807, 2.05) is 13.0 Å². The molecule has 0 atom stereocenters. The van der Waals surface area contributed by atoms with Crippen molar-refractivity contribution in [2.45, 2.75) is 26.3 Å². The van der Waals surface area contributed by atoms with Crippen molar-refractivity contribution in [2.24, 2.45) is 0 Å². The Morgan fingerprint density at radius 3 is 2.75 bits per heavy atom. The Morgan fingerprint density at radius 2 is 2.10 bits per heavy atom. The number of benzene rings is 1. The summed E-state index contributed by atoms with van der Waals surface area (Å²) in [6.45, 7) is 3.88. The molecule has 0 aromatic heterocycles. The molecule has 0 saturated heterocycles. The fraction of sp³-hybridized carbons (Fsp3) is 0.500. The number of carbonyl (C=O) groups is 1. The van der Waals surface area contributed by atoms with Crippen molar-refractivity contribution in [3.8, 4) is 5.75 Å². The van der Waals surface area contributed by atoms with Crippen LogP contribution in [0.1, 0.15) is 25.3 Å². The summed E-state index contributed by atoms with van der Waals surface area (Å²) in [5.74, 6) is 0.366. The van der Waals surface area contributed by atoms with Crippen LogP contribution in [0.25, 0.3) is 0 Å². The van der Waals surface area contributed by atoms with Crippen LogP contribution in [0, 0.1) is 0 Å². The first-order valence-electron chi connectivity index (χ1n) is 6.46. The molecule has 0 radical (unpaired) electrons. The van der Waals surface area contributed by atoms with Crippen LogP contribution in [0.3, 0.4) is 0 Å². The summed E-state index contributed by atoms with van der Waals surface area (Å²) in [5, 5.41) is 4.26. The molecule has 4 nitrogen and oxygen atoms in total. The van der Waals surface area contributed by atoms with Gasteiger partial charge in [-0.05, 0) is 25.1 Å². The second-order valence-electron chi connectivity index (χ2n) is 4.18. The van der Waals surface area contributed by atoms with Gasteiger partial charge in [0.2, 0.25) is 0 Å². The highest BCUT2D eigenvalue weighted by Crippen LogP contribution is 2.32. The molecule has 6 heteroatoms. The Bertz CT molecular complexity index is 452. The van der Waals surface area contributed by atoms with Crippen molar-refractivity contribution in [1.29, 1.82) is 0 Å². The molecule has 112 valence electrons. The predicted molar refractivity (Wildman–Crippen MR) is 80.6 cm³/mol. The number of esters is 1. The van der Waals surface area contributed by atoms with E-state index >= 15 is 0 Å². The molecule has 0 amide bonds. The van der Waals surface area contributed by atoms with Gasteiger partial charge in [0, 0.05) is 23.6 Å². The summed E-state index contributed by atoms with van der Waals surface area (Å²) in [4.78, 5) is 11.0. The maximum absolute atomic E-state index is 11.0. The predicted octanol–water partition coefficient (Wildman–Crippen LogP) is 3.43. The largest absolute Gasteiger partial charge is 0.492 e. The minimum absolute atomic E-state index is 0.247. The normalized spacial score (nSPS) is 10.4. The van der Waals surface area contributed by atoms with Crippen LogP contribution in [0.4, 0.5) is 0 Å². The Labute approximate surface area is 129 Å². The van der Waals surface area contributed by atoms with E-state index in [1.54, 1.807) is 6.07 Å². The Morgan fingerprint density at radius 1 is 1.35 bits per heavy atom. The lowest BCUT2D eigenvalue weighted by Crippen LogP contribution is -2.13. The number of hydrogen-bond donors (Lipinski definition) is 1. The van der Waals surface area contributed by atoms with E-state index in [1.165, 1.54) is 7.11 Å². The molecule has 0 aliphatic heterocycles. The quantitative estimate of drug-likeness (QED) is 0.589. The monoisotopic (exact) mass is 319 g/mol. The van der Waals surface area contributed by atoms with Gasteiger partial charge in [0.1, 0.15) is 5.75 Å². The fourth-order valence-corrected chi connectivity index (χ4v) is 2.25. The van der Waals surface area contributed by atoms with E-state index in [9.17, 15) is 4.79 Å². The standard InChI is InChI=1S/C14H19Cl2NO3/c1-3-17-9-10-7-11(15)8-12(16)14(10)20-6-4-5-13(18)19-2/h7-8,17H,3-6,9H2,1-2H3. The average molecular weight is 320 g/mol. The van der Waals surface area contributed by atoms with Crippen molar-refractivity contribution in [2.75, 3.05) is 20.3 Å². The zero-order valence-corrected chi connectivity index (χ0v) is 13.2. The number of rotatable bonds is 8. The molecule has 1 aromatic rings. The van der Waals surface area contributed by atoms with Gasteiger partial charge in [0.25, 0.3) is 0 Å². The van der Waals surface area contributed by atoms with Crippen molar-refractivity contribution < 1.29 is 14.3 Å². The fourth-order valence-electron chi connectivity index (χ4n) is 1.66. The minimum atomic E-state index is -0.247. The van der Waals surface area contributed by atoms with Crippen LogP contribution in [-0.4, -0.2) is 26.2 Å². The Hall–Kier alpha value is -0.970. The molecule has 0 aliphatic carbocycles. The molecule has 1 N–H and O–H groups in total. The molecule has 1 rings (SSSR count). The number of carbonyl (C=O) groups excluding carboxylic acids is 1. The summed E-state index contributed by atoms with van der Waals surface area (Å²) in [6, 6.07) is 3.47. The summed E-state index contributed by atoms with van der Waals surface area (Å²) in [6.07, 6.45) is 0.899. The van der Waals surface area contributed by atoms with Crippen molar-refractivity contribution >= 4 is 29.2 Å². The number of halogens is 2. The van der Waals surface area contributed by atoms with Crippen molar-refractivity contribution in [3.05, 3.63) is 27.7 Å². The number of hydrogen-bond acceptors (Lipinski definition) is 4. The zero-order chi connectivity index (χ0) is 15.0. The Balaban J connectivity index is 2.64. The lowest BCUT2D eigenvalue weighted by Gasteiger charge is -2.14. The molecule has 0 heterocycles. The maximum Gasteiger partial charge on any atom is 0.305 e. The molecular weight excluding hydrogens is 301 g/mol. The molecule has 20 heavy (non-hydrogen) atoms.